The monoisotopic (exact) mass is 432 g/mol. The Kier molecular flexibility index (Phi) is 6.05. The van der Waals surface area contributed by atoms with E-state index in [0.717, 1.165) is 39.4 Å². The van der Waals surface area contributed by atoms with Crippen molar-refractivity contribution in [2.24, 2.45) is 0 Å². The molecule has 0 bridgehead atoms. The van der Waals surface area contributed by atoms with Crippen molar-refractivity contribution in [1.29, 1.82) is 0 Å². The molecule has 0 saturated carbocycles. The zero-order valence-electron chi connectivity index (χ0n) is 17.9. The number of fused-ring (bicyclic) bond motifs is 1. The Hall–Kier alpha value is -3.18. The number of aryl methyl sites for hydroxylation is 2. The lowest BCUT2D eigenvalue weighted by molar-refractivity contribution is -0.121. The number of amides is 1. The van der Waals surface area contributed by atoms with Crippen LogP contribution in [0.25, 0.3) is 16.9 Å². The number of carbonyl (C=O) groups is 1. The first-order valence-electron chi connectivity index (χ1n) is 10.4. The molecule has 158 valence electrons. The molecule has 31 heavy (non-hydrogen) atoms. The largest absolute Gasteiger partial charge is 0.350 e. The lowest BCUT2D eigenvalue weighted by Crippen LogP contribution is -2.27. The summed E-state index contributed by atoms with van der Waals surface area (Å²) in [6.07, 6.45) is 1.02. The second-order valence-electron chi connectivity index (χ2n) is 7.77. The number of halogens is 1. The Labute approximate surface area is 187 Å². The van der Waals surface area contributed by atoms with Gasteiger partial charge in [-0.1, -0.05) is 54.1 Å². The molecule has 2 heterocycles. The zero-order valence-corrected chi connectivity index (χ0v) is 18.6. The highest BCUT2D eigenvalue weighted by Crippen LogP contribution is 2.24. The highest BCUT2D eigenvalue weighted by atomic mass is 35.5. The van der Waals surface area contributed by atoms with Crippen LogP contribution in [0.3, 0.4) is 0 Å². The van der Waals surface area contributed by atoms with Crippen molar-refractivity contribution in [3.05, 3.63) is 88.2 Å². The van der Waals surface area contributed by atoms with Crippen molar-refractivity contribution in [3.63, 3.8) is 0 Å². The van der Waals surface area contributed by atoms with Crippen LogP contribution in [0.2, 0.25) is 5.02 Å². The first kappa shape index (κ1) is 21.1. The van der Waals surface area contributed by atoms with Gasteiger partial charge < -0.3 is 5.32 Å². The van der Waals surface area contributed by atoms with Crippen LogP contribution < -0.4 is 5.32 Å². The molecular formula is C25H25ClN4O. The van der Waals surface area contributed by atoms with E-state index in [4.69, 9.17) is 21.7 Å². The van der Waals surface area contributed by atoms with Crippen LogP contribution in [0.1, 0.15) is 41.9 Å². The summed E-state index contributed by atoms with van der Waals surface area (Å²) in [6, 6.07) is 19.5. The molecule has 4 rings (SSSR count). The maximum atomic E-state index is 12.5. The third-order valence-electron chi connectivity index (χ3n) is 5.58. The molecule has 0 saturated heterocycles. The number of hydrogen-bond acceptors (Lipinski definition) is 3. The van der Waals surface area contributed by atoms with Gasteiger partial charge in [-0.15, -0.1) is 0 Å². The van der Waals surface area contributed by atoms with E-state index in [1.807, 2.05) is 86.0 Å². The molecular weight excluding hydrogens is 408 g/mol. The highest BCUT2D eigenvalue weighted by molar-refractivity contribution is 6.30. The minimum Gasteiger partial charge on any atom is -0.350 e. The molecule has 2 aromatic carbocycles. The maximum Gasteiger partial charge on any atom is 0.220 e. The Morgan fingerprint density at radius 2 is 1.81 bits per heavy atom. The predicted octanol–water partition coefficient (Wildman–Crippen LogP) is 5.48. The number of carbonyl (C=O) groups excluding carboxylic acids is 1. The summed E-state index contributed by atoms with van der Waals surface area (Å²) in [5.41, 5.74) is 6.72. The lowest BCUT2D eigenvalue weighted by Gasteiger charge is -2.15. The minimum atomic E-state index is -0.0236. The van der Waals surface area contributed by atoms with Crippen molar-refractivity contribution in [2.75, 3.05) is 0 Å². The topological polar surface area (TPSA) is 59.3 Å². The Bertz CT molecular complexity index is 1220. The van der Waals surface area contributed by atoms with Crippen LogP contribution in [0.5, 0.6) is 0 Å². The number of benzene rings is 2. The van der Waals surface area contributed by atoms with Gasteiger partial charge >= 0.3 is 0 Å². The van der Waals surface area contributed by atoms with Gasteiger partial charge in [0.15, 0.2) is 5.65 Å². The van der Waals surface area contributed by atoms with E-state index in [1.54, 1.807) is 0 Å². The Balaban J connectivity index is 1.51. The van der Waals surface area contributed by atoms with E-state index >= 15 is 0 Å². The van der Waals surface area contributed by atoms with Crippen molar-refractivity contribution in [2.45, 2.75) is 39.7 Å². The number of nitrogens with one attached hydrogen (secondary N) is 1. The van der Waals surface area contributed by atoms with Gasteiger partial charge in [-0.2, -0.15) is 5.10 Å². The molecule has 2 aromatic heterocycles. The third kappa shape index (κ3) is 4.62. The second-order valence-corrected chi connectivity index (χ2v) is 8.20. The summed E-state index contributed by atoms with van der Waals surface area (Å²) >= 11 is 6.00. The Morgan fingerprint density at radius 3 is 2.52 bits per heavy atom. The smallest absolute Gasteiger partial charge is 0.220 e. The van der Waals surface area contributed by atoms with Crippen molar-refractivity contribution in [1.82, 2.24) is 19.9 Å². The molecule has 1 amide bonds. The van der Waals surface area contributed by atoms with Gasteiger partial charge in [-0.05, 0) is 50.5 Å². The molecule has 6 heteroatoms. The molecule has 0 aliphatic heterocycles. The van der Waals surface area contributed by atoms with Crippen LogP contribution in [0.4, 0.5) is 0 Å². The van der Waals surface area contributed by atoms with Crippen LogP contribution >= 0.6 is 11.6 Å². The van der Waals surface area contributed by atoms with Crippen molar-refractivity contribution < 1.29 is 4.79 Å². The summed E-state index contributed by atoms with van der Waals surface area (Å²) in [5, 5.41) is 8.51. The average molecular weight is 433 g/mol. The van der Waals surface area contributed by atoms with Crippen LogP contribution in [-0.2, 0) is 11.2 Å². The van der Waals surface area contributed by atoms with Gasteiger partial charge in [-0.25, -0.2) is 9.50 Å². The predicted molar refractivity (Wildman–Crippen MR) is 124 cm³/mol. The van der Waals surface area contributed by atoms with Gasteiger partial charge in [0.1, 0.15) is 0 Å². The van der Waals surface area contributed by atoms with E-state index in [1.165, 1.54) is 0 Å². The number of nitrogens with zero attached hydrogens (tertiary/aromatic N) is 3. The highest BCUT2D eigenvalue weighted by Gasteiger charge is 2.15. The molecule has 0 aliphatic carbocycles. The molecule has 1 atom stereocenters. The van der Waals surface area contributed by atoms with Gasteiger partial charge in [0.2, 0.25) is 5.91 Å². The summed E-state index contributed by atoms with van der Waals surface area (Å²) in [6.45, 7) is 6.02. The molecule has 0 fully saturated rings. The number of rotatable bonds is 6. The molecule has 0 aliphatic rings. The average Bonchev–Trinajstić information content (AvgIpc) is 3.19. The summed E-state index contributed by atoms with van der Waals surface area (Å²) in [4.78, 5) is 17.3. The van der Waals surface area contributed by atoms with Crippen LogP contribution in [-0.4, -0.2) is 20.5 Å². The number of aromatic nitrogens is 3. The van der Waals surface area contributed by atoms with Crippen LogP contribution in [0, 0.1) is 13.8 Å². The van der Waals surface area contributed by atoms with Crippen molar-refractivity contribution in [3.8, 4) is 11.3 Å². The fourth-order valence-corrected chi connectivity index (χ4v) is 3.95. The van der Waals surface area contributed by atoms with E-state index in [0.29, 0.717) is 17.9 Å². The summed E-state index contributed by atoms with van der Waals surface area (Å²) in [7, 11) is 0. The molecule has 1 N–H and O–H groups in total. The molecule has 0 spiro atoms. The maximum absolute atomic E-state index is 12.5. The molecule has 0 unspecified atom stereocenters. The van der Waals surface area contributed by atoms with E-state index in [2.05, 4.69) is 5.32 Å². The first-order valence-corrected chi connectivity index (χ1v) is 10.8. The lowest BCUT2D eigenvalue weighted by atomic mass is 10.1. The molecule has 4 aromatic rings. The van der Waals surface area contributed by atoms with Gasteiger partial charge in [0.25, 0.3) is 0 Å². The zero-order chi connectivity index (χ0) is 22.0. The van der Waals surface area contributed by atoms with E-state index in [9.17, 15) is 4.79 Å². The fraction of sp³-hybridized carbons (Fsp3) is 0.240. The normalized spacial score (nSPS) is 12.1. The van der Waals surface area contributed by atoms with E-state index < -0.39 is 0 Å². The summed E-state index contributed by atoms with van der Waals surface area (Å²) in [5.74, 6) is 0.0255. The van der Waals surface area contributed by atoms with Gasteiger partial charge in [-0.3, -0.25) is 4.79 Å². The Morgan fingerprint density at radius 1 is 1.10 bits per heavy atom. The molecule has 0 radical (unpaired) electrons. The quantitative estimate of drug-likeness (QED) is 0.439. The number of hydrogen-bond donors (Lipinski definition) is 1. The SMILES string of the molecule is Cc1nc2cc(-c3ccc(Cl)cc3)nn2c(C)c1CCC(=O)N[C@@H](C)c1ccccc1. The van der Waals surface area contributed by atoms with Gasteiger partial charge in [0, 0.05) is 34.5 Å². The third-order valence-corrected chi connectivity index (χ3v) is 5.84. The minimum absolute atomic E-state index is 0.0236. The fourth-order valence-electron chi connectivity index (χ4n) is 3.83. The van der Waals surface area contributed by atoms with E-state index in [-0.39, 0.29) is 11.9 Å². The van der Waals surface area contributed by atoms with Gasteiger partial charge in [0.05, 0.1) is 11.7 Å². The molecule has 5 nitrogen and oxygen atoms in total. The first-order chi connectivity index (χ1) is 14.9. The van der Waals surface area contributed by atoms with Crippen LogP contribution in [0.15, 0.2) is 60.7 Å². The summed E-state index contributed by atoms with van der Waals surface area (Å²) < 4.78 is 1.86. The second kappa shape index (κ2) is 8.90. The van der Waals surface area contributed by atoms with Crippen molar-refractivity contribution >= 4 is 23.2 Å². The standard InChI is InChI=1S/C25H25ClN4O/c1-16(19-7-5-4-6-8-19)28-25(31)14-13-22-17(2)27-24-15-23(29-30(24)18(22)3)20-9-11-21(26)12-10-20/h4-12,15-16H,13-14H2,1-3H3,(H,28,31)/t16-/m0/s1.